The lowest BCUT2D eigenvalue weighted by atomic mass is 9.87. The highest BCUT2D eigenvalue weighted by Gasteiger charge is 2.40. The highest BCUT2D eigenvalue weighted by atomic mass is 19.4. The molecule has 8 nitrogen and oxygen atoms in total. The Morgan fingerprint density at radius 1 is 1.24 bits per heavy atom. The molecule has 1 aromatic rings. The zero-order chi connectivity index (χ0) is 25.3. The van der Waals surface area contributed by atoms with Crippen molar-refractivity contribution in [3.8, 4) is 0 Å². The van der Waals surface area contributed by atoms with Gasteiger partial charge in [-0.3, -0.25) is 19.7 Å². The van der Waals surface area contributed by atoms with Crippen LogP contribution in [0.2, 0.25) is 0 Å². The number of nitrogens with one attached hydrogen (secondary N) is 2. The number of imide groups is 1. The van der Waals surface area contributed by atoms with Crippen LogP contribution in [0.25, 0.3) is 0 Å². The second kappa shape index (κ2) is 9.44. The van der Waals surface area contributed by atoms with Crippen LogP contribution in [-0.2, 0) is 25.3 Å². The van der Waals surface area contributed by atoms with Crippen LogP contribution in [0, 0.1) is 0 Å². The lowest BCUT2D eigenvalue weighted by Crippen LogP contribution is -2.47. The summed E-state index contributed by atoms with van der Waals surface area (Å²) >= 11 is 0. The number of carbonyl (C=O) groups is 3. The van der Waals surface area contributed by atoms with E-state index in [0.717, 1.165) is 6.07 Å². The first-order valence-corrected chi connectivity index (χ1v) is 11.2. The van der Waals surface area contributed by atoms with Crippen LogP contribution in [-0.4, -0.2) is 53.2 Å². The number of carbonyl (C=O) groups excluding carboxylic acids is 3. The van der Waals surface area contributed by atoms with E-state index in [0.29, 0.717) is 0 Å². The van der Waals surface area contributed by atoms with E-state index >= 15 is 0 Å². The first-order chi connectivity index (χ1) is 15.7. The molecule has 11 heteroatoms. The number of rotatable bonds is 5. The number of benzene rings is 1. The number of hydrogen-bond donors (Lipinski definition) is 3. The Balaban J connectivity index is 1.71. The molecule has 0 aliphatic carbocycles. The van der Waals surface area contributed by atoms with Crippen molar-refractivity contribution < 1.29 is 37.4 Å². The summed E-state index contributed by atoms with van der Waals surface area (Å²) in [5.41, 5.74) is -2.84. The maximum atomic E-state index is 13.9. The molecule has 3 N–H and O–H groups in total. The standard InChI is InChI=1S/C23H30F3N3O5/c1-21(2,3)34-19(31)13-22(33)8-10-29(11-9-22)17-6-4-14(12-15(17)23(24,25)26)27-16-5-7-18(30)28-20(16)32/h4,6,12,16,27,33H,5,7-11,13H2,1-3H3,(H,28,30,32). The molecule has 1 aromatic carbocycles. The number of ether oxygens (including phenoxy) is 1. The molecule has 2 aliphatic heterocycles. The Morgan fingerprint density at radius 2 is 1.88 bits per heavy atom. The molecule has 2 saturated heterocycles. The van der Waals surface area contributed by atoms with Gasteiger partial charge in [0.25, 0.3) is 0 Å². The molecule has 2 fully saturated rings. The molecule has 0 bridgehead atoms. The molecule has 188 valence electrons. The van der Waals surface area contributed by atoms with Crippen LogP contribution in [0.15, 0.2) is 18.2 Å². The van der Waals surface area contributed by atoms with E-state index in [-0.39, 0.29) is 56.6 Å². The molecule has 2 amide bonds. The molecule has 1 atom stereocenters. The number of amides is 2. The topological polar surface area (TPSA) is 108 Å². The molecule has 34 heavy (non-hydrogen) atoms. The van der Waals surface area contributed by atoms with Crippen LogP contribution in [0.4, 0.5) is 24.5 Å². The molecule has 0 spiro atoms. The Kier molecular flexibility index (Phi) is 7.16. The van der Waals surface area contributed by atoms with Gasteiger partial charge in [-0.2, -0.15) is 13.2 Å². The van der Waals surface area contributed by atoms with E-state index < -0.39 is 46.8 Å². The van der Waals surface area contributed by atoms with Gasteiger partial charge in [0.1, 0.15) is 11.6 Å². The average Bonchev–Trinajstić information content (AvgIpc) is 2.68. The fourth-order valence-corrected chi connectivity index (χ4v) is 4.15. The van der Waals surface area contributed by atoms with Crippen molar-refractivity contribution in [2.75, 3.05) is 23.3 Å². The number of nitrogens with zero attached hydrogens (tertiary/aromatic N) is 1. The second-order valence-corrected chi connectivity index (χ2v) is 9.85. The Labute approximate surface area is 195 Å². The van der Waals surface area contributed by atoms with Gasteiger partial charge in [-0.25, -0.2) is 0 Å². The minimum Gasteiger partial charge on any atom is -0.460 e. The lowest BCUT2D eigenvalue weighted by molar-refractivity contribution is -0.161. The van der Waals surface area contributed by atoms with Crippen molar-refractivity contribution >= 4 is 29.2 Å². The highest BCUT2D eigenvalue weighted by Crippen LogP contribution is 2.40. The molecule has 2 aliphatic rings. The van der Waals surface area contributed by atoms with E-state index in [1.807, 2.05) is 0 Å². The van der Waals surface area contributed by atoms with E-state index in [9.17, 15) is 32.7 Å². The van der Waals surface area contributed by atoms with Crippen molar-refractivity contribution in [3.63, 3.8) is 0 Å². The van der Waals surface area contributed by atoms with Gasteiger partial charge in [-0.05, 0) is 58.2 Å². The summed E-state index contributed by atoms with van der Waals surface area (Å²) in [6, 6.07) is 2.92. The smallest absolute Gasteiger partial charge is 0.418 e. The zero-order valence-corrected chi connectivity index (χ0v) is 19.4. The molecule has 2 heterocycles. The first kappa shape index (κ1) is 25.8. The number of piperidine rings is 2. The average molecular weight is 486 g/mol. The fraction of sp³-hybridized carbons (Fsp3) is 0.609. The van der Waals surface area contributed by atoms with Crippen molar-refractivity contribution in [3.05, 3.63) is 23.8 Å². The SMILES string of the molecule is CC(C)(C)OC(=O)CC1(O)CCN(c2ccc(NC3CCC(=O)NC3=O)cc2C(F)(F)F)CC1. The second-order valence-electron chi connectivity index (χ2n) is 9.85. The predicted molar refractivity (Wildman–Crippen MR) is 118 cm³/mol. The molecular formula is C23H30F3N3O5. The third-order valence-corrected chi connectivity index (χ3v) is 5.81. The maximum Gasteiger partial charge on any atom is 0.418 e. The van der Waals surface area contributed by atoms with Crippen LogP contribution >= 0.6 is 0 Å². The summed E-state index contributed by atoms with van der Waals surface area (Å²) in [5, 5.41) is 15.7. The monoisotopic (exact) mass is 485 g/mol. The maximum absolute atomic E-state index is 13.9. The largest absolute Gasteiger partial charge is 0.460 e. The summed E-state index contributed by atoms with van der Waals surface area (Å²) in [5.74, 6) is -1.54. The fourth-order valence-electron chi connectivity index (χ4n) is 4.15. The highest BCUT2D eigenvalue weighted by molar-refractivity contribution is 6.01. The van der Waals surface area contributed by atoms with E-state index in [1.54, 1.807) is 20.8 Å². The summed E-state index contributed by atoms with van der Waals surface area (Å²) in [7, 11) is 0. The van der Waals surface area contributed by atoms with Gasteiger partial charge in [0.15, 0.2) is 0 Å². The summed E-state index contributed by atoms with van der Waals surface area (Å²) in [4.78, 5) is 36.9. The number of anilines is 2. The summed E-state index contributed by atoms with van der Waals surface area (Å²) in [6.45, 7) is 5.41. The van der Waals surface area contributed by atoms with Gasteiger partial charge in [-0.15, -0.1) is 0 Å². The van der Waals surface area contributed by atoms with Crippen LogP contribution in [0.3, 0.4) is 0 Å². The first-order valence-electron chi connectivity index (χ1n) is 11.2. The quantitative estimate of drug-likeness (QED) is 0.435. The van der Waals surface area contributed by atoms with Crippen molar-refractivity contribution in [1.82, 2.24) is 5.32 Å². The Hall–Kier alpha value is -2.82. The minimum atomic E-state index is -4.65. The third-order valence-electron chi connectivity index (χ3n) is 5.81. The minimum absolute atomic E-state index is 0.0411. The molecule has 1 unspecified atom stereocenters. The van der Waals surface area contributed by atoms with Crippen LogP contribution in [0.5, 0.6) is 0 Å². The van der Waals surface area contributed by atoms with Crippen molar-refractivity contribution in [2.24, 2.45) is 0 Å². The van der Waals surface area contributed by atoms with E-state index in [1.165, 1.54) is 17.0 Å². The van der Waals surface area contributed by atoms with Crippen molar-refractivity contribution in [2.45, 2.75) is 76.3 Å². The van der Waals surface area contributed by atoms with Gasteiger partial charge >= 0.3 is 12.1 Å². The molecule has 3 rings (SSSR count). The number of hydrogen-bond acceptors (Lipinski definition) is 7. The summed E-state index contributed by atoms with van der Waals surface area (Å²) in [6.07, 6.45) is -4.36. The van der Waals surface area contributed by atoms with Gasteiger partial charge in [-0.1, -0.05) is 0 Å². The van der Waals surface area contributed by atoms with Crippen LogP contribution < -0.4 is 15.5 Å². The predicted octanol–water partition coefficient (Wildman–Crippen LogP) is 2.99. The number of aliphatic hydroxyl groups is 1. The molecular weight excluding hydrogens is 455 g/mol. The molecule has 0 radical (unpaired) electrons. The van der Waals surface area contributed by atoms with Gasteiger partial charge < -0.3 is 20.1 Å². The summed E-state index contributed by atoms with van der Waals surface area (Å²) < 4.78 is 46.9. The normalized spacial score (nSPS) is 21.1. The zero-order valence-electron chi connectivity index (χ0n) is 19.4. The van der Waals surface area contributed by atoms with Crippen molar-refractivity contribution in [1.29, 1.82) is 0 Å². The Bertz CT molecular complexity index is 950. The van der Waals surface area contributed by atoms with Gasteiger partial charge in [0, 0.05) is 30.9 Å². The van der Waals surface area contributed by atoms with Gasteiger partial charge in [0.05, 0.1) is 17.6 Å². The van der Waals surface area contributed by atoms with Crippen LogP contribution in [0.1, 0.15) is 58.4 Å². The number of esters is 1. The lowest BCUT2D eigenvalue weighted by Gasteiger charge is -2.40. The number of alkyl halides is 3. The van der Waals surface area contributed by atoms with E-state index in [4.69, 9.17) is 4.74 Å². The molecule has 0 aromatic heterocycles. The van der Waals surface area contributed by atoms with E-state index in [2.05, 4.69) is 10.6 Å². The molecule has 0 saturated carbocycles. The number of halogens is 3. The van der Waals surface area contributed by atoms with Gasteiger partial charge in [0.2, 0.25) is 11.8 Å². The Morgan fingerprint density at radius 3 is 2.44 bits per heavy atom. The third kappa shape index (κ3) is 6.62.